The summed E-state index contributed by atoms with van der Waals surface area (Å²) in [5.41, 5.74) is 1.22. The molecule has 1 atom stereocenters. The zero-order chi connectivity index (χ0) is 17.6. The Hall–Kier alpha value is -1.03. The van der Waals surface area contributed by atoms with Crippen molar-refractivity contribution < 1.29 is 18.3 Å². The SMILES string of the molecule is CC(=O)NSOC(=O)N(C)[S+]([O-])Sc1ccc(C(C)(C)C)cc1. The first-order valence-electron chi connectivity index (χ1n) is 6.70. The van der Waals surface area contributed by atoms with Gasteiger partial charge in [-0.3, -0.25) is 9.52 Å². The van der Waals surface area contributed by atoms with Crippen LogP contribution in [0.25, 0.3) is 0 Å². The Morgan fingerprint density at radius 1 is 1.26 bits per heavy atom. The lowest BCUT2D eigenvalue weighted by Crippen LogP contribution is -2.31. The third-order valence-corrected chi connectivity index (χ3v) is 6.14. The van der Waals surface area contributed by atoms with Crippen LogP contribution in [0, 0.1) is 0 Å². The monoisotopic (exact) mass is 376 g/mol. The number of rotatable bonds is 5. The van der Waals surface area contributed by atoms with Crippen molar-refractivity contribution in [1.82, 2.24) is 9.03 Å². The standard InChI is InChI=1S/C14H20N2O4S3/c1-10(17)15-22-20-13(18)16(5)23(19)21-12-8-6-11(7-9-12)14(2,3)4/h6-9H,1-5H3,(H,15,17). The molecular formula is C14H20N2O4S3. The molecule has 128 valence electrons. The van der Waals surface area contributed by atoms with Crippen LogP contribution in [-0.2, 0) is 24.8 Å². The average Bonchev–Trinajstić information content (AvgIpc) is 2.45. The summed E-state index contributed by atoms with van der Waals surface area (Å²) in [5, 5.41) is 0. The molecule has 0 aliphatic heterocycles. The van der Waals surface area contributed by atoms with Crippen molar-refractivity contribution in [2.24, 2.45) is 0 Å². The van der Waals surface area contributed by atoms with Gasteiger partial charge in [0.15, 0.2) is 33.4 Å². The molecule has 1 rings (SSSR count). The number of nitrogens with zero attached hydrogens (tertiary/aromatic N) is 1. The molecular weight excluding hydrogens is 356 g/mol. The van der Waals surface area contributed by atoms with Crippen LogP contribution in [0.5, 0.6) is 0 Å². The normalized spacial score (nSPS) is 12.4. The smallest absolute Gasteiger partial charge is 0.465 e. The van der Waals surface area contributed by atoms with Crippen molar-refractivity contribution in [1.29, 1.82) is 0 Å². The first-order chi connectivity index (χ1) is 10.6. The fourth-order valence-electron chi connectivity index (χ4n) is 1.38. The second kappa shape index (κ2) is 8.72. The van der Waals surface area contributed by atoms with Gasteiger partial charge in [-0.1, -0.05) is 32.9 Å². The van der Waals surface area contributed by atoms with E-state index in [0.29, 0.717) is 12.2 Å². The molecule has 9 heteroatoms. The summed E-state index contributed by atoms with van der Waals surface area (Å²) in [5.74, 6) is -0.347. The van der Waals surface area contributed by atoms with Gasteiger partial charge >= 0.3 is 6.09 Å². The van der Waals surface area contributed by atoms with Gasteiger partial charge in [0.2, 0.25) is 5.91 Å². The second-order valence-corrected chi connectivity index (χ2v) is 9.18. The first kappa shape index (κ1) is 20.0. The zero-order valence-corrected chi connectivity index (χ0v) is 16.1. The van der Waals surface area contributed by atoms with E-state index in [0.717, 1.165) is 20.0 Å². The van der Waals surface area contributed by atoms with Gasteiger partial charge in [-0.15, -0.1) is 4.31 Å². The number of amides is 2. The van der Waals surface area contributed by atoms with Crippen LogP contribution < -0.4 is 4.72 Å². The largest absolute Gasteiger partial charge is 0.581 e. The summed E-state index contributed by atoms with van der Waals surface area (Å²) in [4.78, 5) is 23.1. The summed E-state index contributed by atoms with van der Waals surface area (Å²) < 4.78 is 20.0. The lowest BCUT2D eigenvalue weighted by Gasteiger charge is -2.19. The summed E-state index contributed by atoms with van der Waals surface area (Å²) in [7, 11) is 0.766. The Morgan fingerprint density at radius 2 is 1.83 bits per heavy atom. The molecule has 0 aromatic heterocycles. The van der Waals surface area contributed by atoms with E-state index in [1.807, 2.05) is 24.3 Å². The number of benzene rings is 1. The average molecular weight is 377 g/mol. The first-order valence-corrected chi connectivity index (χ1v) is 9.88. The summed E-state index contributed by atoms with van der Waals surface area (Å²) in [6.45, 7) is 7.64. The molecule has 1 aromatic carbocycles. The topological polar surface area (TPSA) is 81.7 Å². The zero-order valence-electron chi connectivity index (χ0n) is 13.6. The molecule has 0 spiro atoms. The van der Waals surface area contributed by atoms with Gasteiger partial charge in [0.05, 0.1) is 11.9 Å². The highest BCUT2D eigenvalue weighted by Gasteiger charge is 2.26. The van der Waals surface area contributed by atoms with E-state index >= 15 is 0 Å². The summed E-state index contributed by atoms with van der Waals surface area (Å²) in [6.07, 6.45) is -0.805. The number of carbonyl (C=O) groups is 2. The highest BCUT2D eigenvalue weighted by Crippen LogP contribution is 2.30. The Morgan fingerprint density at radius 3 is 2.30 bits per heavy atom. The van der Waals surface area contributed by atoms with E-state index in [1.165, 1.54) is 19.5 Å². The molecule has 23 heavy (non-hydrogen) atoms. The van der Waals surface area contributed by atoms with E-state index in [2.05, 4.69) is 25.5 Å². The van der Waals surface area contributed by atoms with Gasteiger partial charge in [-0.25, -0.2) is 4.79 Å². The van der Waals surface area contributed by atoms with Crippen LogP contribution in [-0.4, -0.2) is 27.9 Å². The molecule has 1 unspecified atom stereocenters. The van der Waals surface area contributed by atoms with Crippen molar-refractivity contribution in [3.05, 3.63) is 29.8 Å². The summed E-state index contributed by atoms with van der Waals surface area (Å²) in [6, 6.07) is 7.69. The molecule has 0 heterocycles. The minimum atomic E-state index is -1.64. The quantitative estimate of drug-likeness (QED) is 0.367. The van der Waals surface area contributed by atoms with E-state index in [-0.39, 0.29) is 11.3 Å². The van der Waals surface area contributed by atoms with E-state index in [4.69, 9.17) is 4.18 Å². The van der Waals surface area contributed by atoms with E-state index in [9.17, 15) is 14.1 Å². The Balaban J connectivity index is 2.55. The maximum Gasteiger partial charge on any atom is 0.465 e. The maximum absolute atomic E-state index is 12.1. The van der Waals surface area contributed by atoms with Gasteiger partial charge < -0.3 is 8.74 Å². The Kier molecular flexibility index (Phi) is 7.59. The van der Waals surface area contributed by atoms with Crippen LogP contribution in [0.1, 0.15) is 33.3 Å². The predicted molar refractivity (Wildman–Crippen MR) is 94.8 cm³/mol. The molecule has 0 aliphatic rings. The van der Waals surface area contributed by atoms with Crippen LogP contribution in [0.4, 0.5) is 4.79 Å². The molecule has 2 amide bonds. The van der Waals surface area contributed by atoms with Crippen LogP contribution >= 0.6 is 23.0 Å². The molecule has 0 radical (unpaired) electrons. The highest BCUT2D eigenvalue weighted by atomic mass is 33.1. The highest BCUT2D eigenvalue weighted by molar-refractivity contribution is 8.71. The minimum Gasteiger partial charge on any atom is -0.581 e. The summed E-state index contributed by atoms with van der Waals surface area (Å²) >= 11 is 0.492. The van der Waals surface area contributed by atoms with Crippen molar-refractivity contribution in [3.8, 4) is 0 Å². The van der Waals surface area contributed by atoms with E-state index < -0.39 is 16.5 Å². The lowest BCUT2D eigenvalue weighted by molar-refractivity contribution is -0.117. The van der Waals surface area contributed by atoms with Gasteiger partial charge in [0.1, 0.15) is 0 Å². The van der Waals surface area contributed by atoms with Crippen molar-refractivity contribution in [2.75, 3.05) is 7.05 Å². The molecule has 6 nitrogen and oxygen atoms in total. The lowest BCUT2D eigenvalue weighted by atomic mass is 9.87. The van der Waals surface area contributed by atoms with E-state index in [1.54, 1.807) is 0 Å². The molecule has 1 N–H and O–H groups in total. The number of nitrogens with one attached hydrogen (secondary N) is 1. The van der Waals surface area contributed by atoms with Gasteiger partial charge in [-0.2, -0.15) is 0 Å². The van der Waals surface area contributed by atoms with Crippen molar-refractivity contribution >= 4 is 45.4 Å². The van der Waals surface area contributed by atoms with Gasteiger partial charge in [0, 0.05) is 6.92 Å². The number of hydrogen-bond acceptors (Lipinski definition) is 6. The van der Waals surface area contributed by atoms with Gasteiger partial charge in [0.25, 0.3) is 0 Å². The second-order valence-electron chi connectivity index (χ2n) is 5.66. The number of hydrogen-bond donors (Lipinski definition) is 1. The Bertz CT molecular complexity index is 546. The fourth-order valence-corrected chi connectivity index (χ4v) is 3.79. The minimum absolute atomic E-state index is 0.0455. The third-order valence-electron chi connectivity index (χ3n) is 2.67. The molecule has 1 aromatic rings. The number of carbonyl (C=O) groups excluding carboxylic acids is 2. The van der Waals surface area contributed by atoms with Crippen LogP contribution in [0.3, 0.4) is 0 Å². The fraction of sp³-hybridized carbons (Fsp3) is 0.429. The van der Waals surface area contributed by atoms with Crippen LogP contribution in [0.2, 0.25) is 0 Å². The molecule has 0 aliphatic carbocycles. The molecule has 0 bridgehead atoms. The Labute approximate surface area is 147 Å². The van der Waals surface area contributed by atoms with Crippen molar-refractivity contribution in [2.45, 2.75) is 38.0 Å². The molecule has 0 fully saturated rings. The van der Waals surface area contributed by atoms with Crippen LogP contribution in [0.15, 0.2) is 29.2 Å². The molecule has 0 saturated carbocycles. The third kappa shape index (κ3) is 6.94. The van der Waals surface area contributed by atoms with Gasteiger partial charge in [-0.05, 0) is 23.1 Å². The van der Waals surface area contributed by atoms with Crippen molar-refractivity contribution in [3.63, 3.8) is 0 Å². The molecule has 0 saturated heterocycles. The predicted octanol–water partition coefficient (Wildman–Crippen LogP) is 3.42. The maximum atomic E-state index is 12.1.